The van der Waals surface area contributed by atoms with Crippen molar-refractivity contribution in [3.63, 3.8) is 0 Å². The van der Waals surface area contributed by atoms with Gasteiger partial charge in [-0.15, -0.1) is 0 Å². The first-order valence-electron chi connectivity index (χ1n) is 12.2. The predicted octanol–water partition coefficient (Wildman–Crippen LogP) is 5.26. The molecule has 2 aliphatic rings. The number of rotatable bonds is 4. The van der Waals surface area contributed by atoms with Crippen LogP contribution < -0.4 is 10.5 Å². The van der Waals surface area contributed by atoms with E-state index in [1.165, 1.54) is 18.2 Å². The van der Waals surface area contributed by atoms with Crippen LogP contribution >= 0.6 is 0 Å². The predicted molar refractivity (Wildman–Crippen MR) is 140 cm³/mol. The number of halogens is 2. The van der Waals surface area contributed by atoms with Crippen LogP contribution in [0.2, 0.25) is 0 Å². The summed E-state index contributed by atoms with van der Waals surface area (Å²) >= 11 is 0. The molecule has 1 aliphatic carbocycles. The van der Waals surface area contributed by atoms with Gasteiger partial charge in [-0.3, -0.25) is 9.51 Å². The maximum atomic E-state index is 14.2. The summed E-state index contributed by atoms with van der Waals surface area (Å²) in [4.78, 5) is 22.8. The lowest BCUT2D eigenvalue weighted by Crippen LogP contribution is -2.07. The van der Waals surface area contributed by atoms with Gasteiger partial charge in [0.2, 0.25) is 5.95 Å². The number of benzene rings is 2. The zero-order valence-electron chi connectivity index (χ0n) is 20.5. The van der Waals surface area contributed by atoms with Gasteiger partial charge in [-0.05, 0) is 59.5 Å². The second-order valence-electron chi connectivity index (χ2n) is 9.34. The number of nitrogens with one attached hydrogen (secondary N) is 1. The maximum Gasteiger partial charge on any atom is 0.439 e. The van der Waals surface area contributed by atoms with Crippen molar-refractivity contribution < 1.29 is 18.0 Å². The molecule has 2 aromatic carbocycles. The molecule has 3 aromatic heterocycles. The Balaban J connectivity index is 1.36. The van der Waals surface area contributed by atoms with Gasteiger partial charge in [-0.25, -0.2) is 14.2 Å². The quantitative estimate of drug-likeness (QED) is 0.323. The Kier molecular flexibility index (Phi) is 5.15. The molecule has 7 rings (SSSR count). The smallest absolute Gasteiger partial charge is 0.439 e. The van der Waals surface area contributed by atoms with Crippen molar-refractivity contribution >= 4 is 27.9 Å². The standard InChI is InChI=1S/C29H19F2N5O3/c1-15(26-34-29(37)39-35-26)25-20-7-5-16(11-18(20)14-38-23-12-19(30)6-8-21(23)25)13-36-22-9-10-24(31)32-27(22)33-28(36)17-3-2-4-17/h2-12H,13-14H2,1H3,(H,34,35,37)/b25-15-. The summed E-state index contributed by atoms with van der Waals surface area (Å²) in [6, 6.07) is 13.4. The number of hydrogen-bond acceptors (Lipinski definition) is 6. The number of aromatic nitrogens is 5. The van der Waals surface area contributed by atoms with Gasteiger partial charge in [0.1, 0.15) is 24.0 Å². The van der Waals surface area contributed by atoms with E-state index in [1.807, 2.05) is 47.9 Å². The van der Waals surface area contributed by atoms with E-state index in [2.05, 4.69) is 20.1 Å². The summed E-state index contributed by atoms with van der Waals surface area (Å²) in [6.45, 7) is 2.47. The first-order valence-corrected chi connectivity index (χ1v) is 12.2. The molecule has 5 aromatic rings. The van der Waals surface area contributed by atoms with Crippen LogP contribution in [-0.4, -0.2) is 24.7 Å². The molecule has 0 spiro atoms. The van der Waals surface area contributed by atoms with E-state index in [0.717, 1.165) is 27.8 Å². The minimum atomic E-state index is -0.668. The van der Waals surface area contributed by atoms with Crippen molar-refractivity contribution in [1.82, 2.24) is 24.7 Å². The summed E-state index contributed by atoms with van der Waals surface area (Å²) in [5.74, 6) is -0.315. The normalized spacial score (nSPS) is 15.2. The highest BCUT2D eigenvalue weighted by Crippen LogP contribution is 2.41. The van der Waals surface area contributed by atoms with Crippen molar-refractivity contribution in [2.24, 2.45) is 0 Å². The molecular weight excluding hydrogens is 504 g/mol. The van der Waals surface area contributed by atoms with E-state index in [0.29, 0.717) is 40.4 Å². The average molecular weight is 523 g/mol. The third-order valence-electron chi connectivity index (χ3n) is 6.93. The average Bonchev–Trinajstić information content (AvgIpc) is 3.42. The van der Waals surface area contributed by atoms with Gasteiger partial charge in [-0.1, -0.05) is 35.5 Å². The molecule has 0 fully saturated rings. The minimum absolute atomic E-state index is 0.198. The van der Waals surface area contributed by atoms with Gasteiger partial charge < -0.3 is 9.30 Å². The number of hydrogen-bond donors (Lipinski definition) is 1. The molecule has 0 bridgehead atoms. The summed E-state index contributed by atoms with van der Waals surface area (Å²) in [6.07, 6.45) is 5.82. The molecule has 0 saturated carbocycles. The number of ether oxygens (including phenoxy) is 1. The van der Waals surface area contributed by atoms with Crippen LogP contribution in [0.1, 0.15) is 40.8 Å². The Morgan fingerprint density at radius 3 is 2.69 bits per heavy atom. The van der Waals surface area contributed by atoms with Crippen LogP contribution in [0.5, 0.6) is 5.75 Å². The molecule has 0 unspecified atom stereocenters. The topological polar surface area (TPSA) is 98.8 Å². The Morgan fingerprint density at radius 1 is 1.08 bits per heavy atom. The number of allylic oxidation sites excluding steroid dienone is 5. The fraction of sp³-hybridized carbons (Fsp3) is 0.103. The number of H-pyrrole nitrogens is 1. The molecule has 4 heterocycles. The molecule has 10 heteroatoms. The fourth-order valence-corrected chi connectivity index (χ4v) is 5.04. The van der Waals surface area contributed by atoms with E-state index in [1.54, 1.807) is 12.1 Å². The van der Waals surface area contributed by atoms with Crippen molar-refractivity contribution in [1.29, 1.82) is 0 Å². The second-order valence-corrected chi connectivity index (χ2v) is 9.34. The lowest BCUT2D eigenvalue weighted by atomic mass is 9.89. The number of aromatic amines is 1. The summed E-state index contributed by atoms with van der Waals surface area (Å²) in [5.41, 5.74) is 6.72. The van der Waals surface area contributed by atoms with Crippen LogP contribution in [-0.2, 0) is 13.2 Å². The number of imidazole rings is 1. The first kappa shape index (κ1) is 23.0. The Labute approximate surface area is 219 Å². The number of fused-ring (bicyclic) bond motifs is 3. The van der Waals surface area contributed by atoms with E-state index in [-0.39, 0.29) is 12.4 Å². The van der Waals surface area contributed by atoms with E-state index >= 15 is 0 Å². The highest BCUT2D eigenvalue weighted by atomic mass is 19.1. The van der Waals surface area contributed by atoms with Crippen LogP contribution in [0.4, 0.5) is 8.78 Å². The highest BCUT2D eigenvalue weighted by molar-refractivity contribution is 5.99. The monoisotopic (exact) mass is 523 g/mol. The molecule has 1 N–H and O–H groups in total. The first-order chi connectivity index (χ1) is 18.9. The minimum Gasteiger partial charge on any atom is -0.488 e. The van der Waals surface area contributed by atoms with E-state index in [4.69, 9.17) is 9.26 Å². The zero-order valence-corrected chi connectivity index (χ0v) is 20.5. The van der Waals surface area contributed by atoms with Gasteiger partial charge in [0.25, 0.3) is 0 Å². The molecule has 192 valence electrons. The van der Waals surface area contributed by atoms with Crippen molar-refractivity contribution in [2.45, 2.75) is 20.1 Å². The molecule has 39 heavy (non-hydrogen) atoms. The van der Waals surface area contributed by atoms with Gasteiger partial charge in [0.05, 0.1) is 5.52 Å². The fourth-order valence-electron chi connectivity index (χ4n) is 5.04. The summed E-state index contributed by atoms with van der Waals surface area (Å²) < 4.78 is 40.8. The Hall–Kier alpha value is -5.12. The molecule has 0 radical (unpaired) electrons. The van der Waals surface area contributed by atoms with Gasteiger partial charge in [0, 0.05) is 29.3 Å². The van der Waals surface area contributed by atoms with Crippen molar-refractivity contribution in [3.8, 4) is 5.75 Å². The van der Waals surface area contributed by atoms with Crippen molar-refractivity contribution in [2.75, 3.05) is 0 Å². The summed E-state index contributed by atoms with van der Waals surface area (Å²) in [7, 11) is 0. The van der Waals surface area contributed by atoms with Gasteiger partial charge in [-0.2, -0.15) is 9.37 Å². The largest absolute Gasteiger partial charge is 0.488 e. The van der Waals surface area contributed by atoms with Gasteiger partial charge >= 0.3 is 5.76 Å². The van der Waals surface area contributed by atoms with Crippen LogP contribution in [0, 0.1) is 11.8 Å². The Bertz CT molecular complexity index is 1960. The lowest BCUT2D eigenvalue weighted by molar-refractivity contribution is 0.305. The highest BCUT2D eigenvalue weighted by Gasteiger charge is 2.24. The van der Waals surface area contributed by atoms with E-state index < -0.39 is 17.5 Å². The van der Waals surface area contributed by atoms with Crippen LogP contribution in [0.15, 0.2) is 76.1 Å². The molecule has 1 aliphatic heterocycles. The van der Waals surface area contributed by atoms with Crippen LogP contribution in [0.3, 0.4) is 0 Å². The molecule has 0 atom stereocenters. The Morgan fingerprint density at radius 2 is 1.92 bits per heavy atom. The van der Waals surface area contributed by atoms with Crippen LogP contribution in [0.25, 0.3) is 27.9 Å². The summed E-state index contributed by atoms with van der Waals surface area (Å²) in [5, 5.41) is 3.86. The maximum absolute atomic E-state index is 14.2. The zero-order chi connectivity index (χ0) is 26.7. The number of pyridine rings is 1. The third kappa shape index (κ3) is 3.88. The molecular formula is C29H19F2N5O3. The molecule has 0 saturated heterocycles. The molecule has 0 amide bonds. The lowest BCUT2D eigenvalue weighted by Gasteiger charge is -2.16. The SMILES string of the molecule is C/C(=C1\c2ccc(Cn3c(C4=CC=C4)nc4nc(F)ccc43)cc2COc2cc(F)ccc21)c1noc(=O)[nH]1. The third-order valence-corrected chi connectivity index (χ3v) is 6.93. The molecule has 8 nitrogen and oxygen atoms in total. The second kappa shape index (κ2) is 8.73. The van der Waals surface area contributed by atoms with Crippen molar-refractivity contribution in [3.05, 3.63) is 123 Å². The van der Waals surface area contributed by atoms with E-state index in [9.17, 15) is 13.6 Å². The van der Waals surface area contributed by atoms with Gasteiger partial charge in [0.15, 0.2) is 11.5 Å². The number of nitrogens with zero attached hydrogens (tertiary/aromatic N) is 4.